The van der Waals surface area contributed by atoms with Crippen molar-refractivity contribution >= 4 is 28.1 Å². The molecule has 1 rings (SSSR count). The first-order valence-corrected chi connectivity index (χ1v) is 8.14. The van der Waals surface area contributed by atoms with Gasteiger partial charge in [-0.1, -0.05) is 19.8 Å². The van der Waals surface area contributed by atoms with Gasteiger partial charge in [-0.25, -0.2) is 0 Å². The number of rotatable bonds is 8. The molecule has 0 saturated carbocycles. The maximum atomic E-state index is 11.8. The van der Waals surface area contributed by atoms with Crippen LogP contribution in [0, 0.1) is 0 Å². The Balaban J connectivity index is 2.52. The van der Waals surface area contributed by atoms with E-state index in [0.29, 0.717) is 22.9 Å². The lowest BCUT2D eigenvalue weighted by Gasteiger charge is -2.10. The van der Waals surface area contributed by atoms with Crippen molar-refractivity contribution in [2.45, 2.75) is 26.2 Å². The number of carbonyl (C=O) groups excluding carboxylic acids is 1. The molecule has 1 aromatic rings. The number of nitrogens with one attached hydrogen (secondary N) is 1. The fraction of sp³-hybridized carbons (Fsp3) is 0.500. The van der Waals surface area contributed by atoms with Crippen molar-refractivity contribution in [1.82, 2.24) is 0 Å². The summed E-state index contributed by atoms with van der Waals surface area (Å²) in [5.41, 5.74) is 6.74. The molecule has 0 fully saturated rings. The van der Waals surface area contributed by atoms with E-state index in [4.69, 9.17) is 10.5 Å². The highest BCUT2D eigenvalue weighted by Crippen LogP contribution is 2.26. The first kappa shape index (κ1) is 16.5. The maximum Gasteiger partial charge on any atom is 0.237 e. The van der Waals surface area contributed by atoms with Crippen LogP contribution in [0.25, 0.3) is 0 Å². The third-order valence-electron chi connectivity index (χ3n) is 2.77. The second kappa shape index (κ2) is 8.58. The first-order valence-electron chi connectivity index (χ1n) is 6.65. The largest absolute Gasteiger partial charge is 0.494 e. The molecule has 0 aliphatic rings. The molecule has 0 spiro atoms. The molecule has 3 N–H and O–H groups in total. The van der Waals surface area contributed by atoms with Gasteiger partial charge < -0.3 is 15.8 Å². The zero-order chi connectivity index (χ0) is 15.0. The van der Waals surface area contributed by atoms with Gasteiger partial charge in [0.05, 0.1) is 12.8 Å². The van der Waals surface area contributed by atoms with E-state index in [0.717, 1.165) is 19.3 Å². The van der Waals surface area contributed by atoms with Crippen LogP contribution in [-0.4, -0.2) is 28.7 Å². The van der Waals surface area contributed by atoms with Gasteiger partial charge in [-0.3, -0.25) is 9.00 Å². The molecule has 0 heterocycles. The summed E-state index contributed by atoms with van der Waals surface area (Å²) in [5.74, 6) is 0.801. The predicted octanol–water partition coefficient (Wildman–Crippen LogP) is 2.15. The molecule has 5 nitrogen and oxygen atoms in total. The molecular weight excluding hydrogens is 276 g/mol. The summed E-state index contributed by atoms with van der Waals surface area (Å²) in [7, 11) is 0.392. The quantitative estimate of drug-likeness (QED) is 0.569. The van der Waals surface area contributed by atoms with Crippen LogP contribution in [-0.2, 0) is 15.6 Å². The monoisotopic (exact) mass is 298 g/mol. The summed E-state index contributed by atoms with van der Waals surface area (Å²) in [5, 5.41) is 2.70. The summed E-state index contributed by atoms with van der Waals surface area (Å²) >= 11 is 0. The zero-order valence-corrected chi connectivity index (χ0v) is 12.8. The van der Waals surface area contributed by atoms with E-state index in [-0.39, 0.29) is 11.7 Å². The Bertz CT molecular complexity index is 477. The molecule has 0 aliphatic carbocycles. The van der Waals surface area contributed by atoms with Gasteiger partial charge >= 0.3 is 0 Å². The highest BCUT2D eigenvalue weighted by molar-refractivity contribution is 7.85. The Morgan fingerprint density at radius 3 is 2.80 bits per heavy atom. The molecule has 0 radical (unpaired) electrons. The van der Waals surface area contributed by atoms with Gasteiger partial charge in [-0.2, -0.15) is 0 Å². The number of ether oxygens (including phenoxy) is 1. The summed E-state index contributed by atoms with van der Waals surface area (Å²) in [6.07, 6.45) is 3.01. The number of nitrogens with two attached hydrogens (primary N) is 1. The molecule has 0 saturated heterocycles. The Labute approximate surface area is 122 Å². The van der Waals surface area contributed by atoms with Gasteiger partial charge in [0.15, 0.2) is 0 Å². The zero-order valence-electron chi connectivity index (χ0n) is 12.0. The molecule has 1 aromatic carbocycles. The first-order chi connectivity index (χ1) is 9.56. The lowest BCUT2D eigenvalue weighted by Crippen LogP contribution is -2.21. The van der Waals surface area contributed by atoms with Gasteiger partial charge in [0, 0.05) is 28.3 Å². The molecule has 1 amide bonds. The maximum absolute atomic E-state index is 11.8. The number of nitrogen functional groups attached to an aromatic ring is 1. The van der Waals surface area contributed by atoms with Crippen LogP contribution in [0.15, 0.2) is 18.2 Å². The standard InChI is InChI=1S/C14H22N2O3S/c1-3-4-5-8-20(18)10-14(17)16-12-7-6-11(15)9-13(12)19-2/h6-7,9H,3-5,8,10,15H2,1-2H3,(H,16,17). The van der Waals surface area contributed by atoms with Crippen molar-refractivity contribution in [2.24, 2.45) is 0 Å². The van der Waals surface area contributed by atoms with Crippen molar-refractivity contribution in [3.05, 3.63) is 18.2 Å². The van der Waals surface area contributed by atoms with E-state index in [1.807, 2.05) is 0 Å². The van der Waals surface area contributed by atoms with Crippen molar-refractivity contribution in [3.8, 4) is 5.75 Å². The number of benzene rings is 1. The van der Waals surface area contributed by atoms with Gasteiger partial charge in [0.2, 0.25) is 5.91 Å². The summed E-state index contributed by atoms with van der Waals surface area (Å²) in [6, 6.07) is 4.98. The van der Waals surface area contributed by atoms with Crippen molar-refractivity contribution in [1.29, 1.82) is 0 Å². The number of carbonyl (C=O) groups is 1. The third kappa shape index (κ3) is 5.61. The Hall–Kier alpha value is -1.56. The Kier molecular flexibility index (Phi) is 7.08. The van der Waals surface area contributed by atoms with Crippen LogP contribution in [0.5, 0.6) is 5.75 Å². The average molecular weight is 298 g/mol. The summed E-state index contributed by atoms with van der Waals surface area (Å²) in [4.78, 5) is 11.8. The average Bonchev–Trinajstić information content (AvgIpc) is 2.41. The number of amides is 1. The van der Waals surface area contributed by atoms with Crippen molar-refractivity contribution < 1.29 is 13.7 Å². The SMILES string of the molecule is CCCCCS(=O)CC(=O)Nc1ccc(N)cc1OC. The molecule has 0 aromatic heterocycles. The predicted molar refractivity (Wildman–Crippen MR) is 83.4 cm³/mol. The van der Waals surface area contributed by atoms with E-state index < -0.39 is 10.8 Å². The summed E-state index contributed by atoms with van der Waals surface area (Å²) in [6.45, 7) is 2.09. The molecular formula is C14H22N2O3S. The minimum Gasteiger partial charge on any atom is -0.494 e. The number of hydrogen-bond donors (Lipinski definition) is 2. The number of anilines is 2. The Morgan fingerprint density at radius 1 is 1.40 bits per heavy atom. The minimum atomic E-state index is -1.12. The van der Waals surface area contributed by atoms with Gasteiger partial charge in [0.1, 0.15) is 11.5 Å². The molecule has 0 aliphatic heterocycles. The fourth-order valence-corrected chi connectivity index (χ4v) is 2.76. The molecule has 0 bridgehead atoms. The lowest BCUT2D eigenvalue weighted by molar-refractivity contribution is -0.113. The molecule has 112 valence electrons. The van der Waals surface area contributed by atoms with Gasteiger partial charge in [-0.05, 0) is 18.6 Å². The molecule has 20 heavy (non-hydrogen) atoms. The Morgan fingerprint density at radius 2 is 2.15 bits per heavy atom. The van der Waals surface area contributed by atoms with E-state index >= 15 is 0 Å². The molecule has 1 unspecified atom stereocenters. The van der Waals surface area contributed by atoms with Crippen molar-refractivity contribution in [3.63, 3.8) is 0 Å². The highest BCUT2D eigenvalue weighted by atomic mass is 32.2. The third-order valence-corrected chi connectivity index (χ3v) is 4.10. The van der Waals surface area contributed by atoms with E-state index in [1.54, 1.807) is 18.2 Å². The second-order valence-corrected chi connectivity index (χ2v) is 6.08. The topological polar surface area (TPSA) is 81.4 Å². The van der Waals surface area contributed by atoms with E-state index in [1.165, 1.54) is 7.11 Å². The summed E-state index contributed by atoms with van der Waals surface area (Å²) < 4.78 is 16.9. The molecule has 1 atom stereocenters. The fourth-order valence-electron chi connectivity index (χ4n) is 1.73. The lowest BCUT2D eigenvalue weighted by atomic mass is 10.2. The number of methoxy groups -OCH3 is 1. The normalized spacial score (nSPS) is 11.9. The van der Waals surface area contributed by atoms with Crippen LogP contribution in [0.1, 0.15) is 26.2 Å². The van der Waals surface area contributed by atoms with E-state index in [9.17, 15) is 9.00 Å². The second-order valence-electron chi connectivity index (χ2n) is 4.50. The van der Waals surface area contributed by atoms with Crippen LogP contribution >= 0.6 is 0 Å². The highest BCUT2D eigenvalue weighted by Gasteiger charge is 2.11. The number of hydrogen-bond acceptors (Lipinski definition) is 4. The van der Waals surface area contributed by atoms with Crippen LogP contribution < -0.4 is 15.8 Å². The van der Waals surface area contributed by atoms with Gasteiger partial charge in [0.25, 0.3) is 0 Å². The van der Waals surface area contributed by atoms with E-state index in [2.05, 4.69) is 12.2 Å². The van der Waals surface area contributed by atoms with Crippen LogP contribution in [0.2, 0.25) is 0 Å². The van der Waals surface area contributed by atoms with Gasteiger partial charge in [-0.15, -0.1) is 0 Å². The van der Waals surface area contributed by atoms with Crippen molar-refractivity contribution in [2.75, 3.05) is 29.7 Å². The minimum absolute atomic E-state index is 0.0112. The smallest absolute Gasteiger partial charge is 0.237 e. The van der Waals surface area contributed by atoms with Crippen LogP contribution in [0.4, 0.5) is 11.4 Å². The van der Waals surface area contributed by atoms with Crippen LogP contribution in [0.3, 0.4) is 0 Å². The number of unbranched alkanes of at least 4 members (excludes halogenated alkanes) is 2. The molecule has 6 heteroatoms.